The molecule has 6 heteroatoms. The second kappa shape index (κ2) is 8.43. The van der Waals surface area contributed by atoms with Crippen molar-refractivity contribution in [1.82, 2.24) is 0 Å². The largest absolute Gasteiger partial charge is 0.496 e. The molecule has 0 aliphatic heterocycles. The van der Waals surface area contributed by atoms with Crippen LogP contribution in [0.5, 0.6) is 11.5 Å². The van der Waals surface area contributed by atoms with E-state index in [1.165, 1.54) is 14.0 Å². The third-order valence-corrected chi connectivity index (χ3v) is 4.34. The molecule has 0 fully saturated rings. The number of hydrogen-bond acceptors (Lipinski definition) is 5. The zero-order valence-electron chi connectivity index (χ0n) is 15.9. The number of esters is 1. The lowest BCUT2D eigenvalue weighted by Crippen LogP contribution is -2.30. The summed E-state index contributed by atoms with van der Waals surface area (Å²) >= 11 is 0. The first-order chi connectivity index (χ1) is 13.5. The van der Waals surface area contributed by atoms with Crippen molar-refractivity contribution >= 4 is 28.3 Å². The molecular formula is C22H21NO5. The summed E-state index contributed by atoms with van der Waals surface area (Å²) in [5, 5.41) is 4.21. The lowest BCUT2D eigenvalue weighted by Gasteiger charge is -2.16. The maximum Gasteiger partial charge on any atom is 0.339 e. The van der Waals surface area contributed by atoms with Crippen LogP contribution in [-0.4, -0.2) is 32.2 Å². The molecule has 144 valence electrons. The highest BCUT2D eigenvalue weighted by Gasteiger charge is 2.22. The molecular weight excluding hydrogens is 358 g/mol. The second-order valence-electron chi connectivity index (χ2n) is 6.10. The summed E-state index contributed by atoms with van der Waals surface area (Å²) < 4.78 is 15.9. The van der Waals surface area contributed by atoms with Gasteiger partial charge in [-0.1, -0.05) is 36.4 Å². The zero-order valence-corrected chi connectivity index (χ0v) is 15.9. The topological polar surface area (TPSA) is 73.9 Å². The van der Waals surface area contributed by atoms with Crippen LogP contribution in [0, 0.1) is 0 Å². The van der Waals surface area contributed by atoms with Gasteiger partial charge in [0.25, 0.3) is 5.91 Å². The monoisotopic (exact) mass is 379 g/mol. The quantitative estimate of drug-likeness (QED) is 0.654. The number of para-hydroxylation sites is 2. The molecule has 1 atom stereocenters. The van der Waals surface area contributed by atoms with E-state index in [1.807, 2.05) is 24.3 Å². The number of rotatable bonds is 6. The standard InChI is InChI=1S/C22H21NO5/c1-14(21(24)23-18-10-6-7-11-20(18)27-3)28-22(25)17-12-13-19(26-2)16-9-5-4-8-15(16)17/h4-14H,1-3H3,(H,23,24)/t14-/m0/s1. The number of carbonyl (C=O) groups is 2. The molecule has 0 saturated heterocycles. The van der Waals surface area contributed by atoms with Gasteiger partial charge in [-0.05, 0) is 36.6 Å². The Kier molecular flexibility index (Phi) is 5.79. The van der Waals surface area contributed by atoms with Crippen LogP contribution in [0.4, 0.5) is 5.69 Å². The molecule has 0 aliphatic carbocycles. The molecule has 3 aromatic rings. The molecule has 0 bridgehead atoms. The molecule has 0 saturated carbocycles. The van der Waals surface area contributed by atoms with Crippen LogP contribution >= 0.6 is 0 Å². The van der Waals surface area contributed by atoms with Gasteiger partial charge < -0.3 is 19.5 Å². The van der Waals surface area contributed by atoms with Crippen LogP contribution < -0.4 is 14.8 Å². The van der Waals surface area contributed by atoms with Gasteiger partial charge in [0.1, 0.15) is 11.5 Å². The molecule has 3 rings (SSSR count). The number of anilines is 1. The Morgan fingerprint density at radius 1 is 0.821 bits per heavy atom. The van der Waals surface area contributed by atoms with Crippen molar-refractivity contribution in [3.8, 4) is 11.5 Å². The Balaban J connectivity index is 1.77. The van der Waals surface area contributed by atoms with Crippen molar-refractivity contribution < 1.29 is 23.8 Å². The van der Waals surface area contributed by atoms with Gasteiger partial charge in [0, 0.05) is 5.39 Å². The summed E-state index contributed by atoms with van der Waals surface area (Å²) in [7, 11) is 3.09. The van der Waals surface area contributed by atoms with Gasteiger partial charge in [-0.2, -0.15) is 0 Å². The second-order valence-corrected chi connectivity index (χ2v) is 6.10. The average molecular weight is 379 g/mol. The molecule has 0 aromatic heterocycles. The lowest BCUT2D eigenvalue weighted by atomic mass is 10.0. The number of carbonyl (C=O) groups excluding carboxylic acids is 2. The van der Waals surface area contributed by atoms with Crippen molar-refractivity contribution in [3.63, 3.8) is 0 Å². The van der Waals surface area contributed by atoms with Crippen LogP contribution in [0.3, 0.4) is 0 Å². The number of amides is 1. The van der Waals surface area contributed by atoms with E-state index < -0.39 is 18.0 Å². The Hall–Kier alpha value is -3.54. The van der Waals surface area contributed by atoms with Crippen LogP contribution in [-0.2, 0) is 9.53 Å². The van der Waals surface area contributed by atoms with Crippen molar-refractivity contribution in [1.29, 1.82) is 0 Å². The van der Waals surface area contributed by atoms with Crippen molar-refractivity contribution in [3.05, 3.63) is 66.2 Å². The normalized spacial score (nSPS) is 11.5. The Morgan fingerprint density at radius 2 is 1.46 bits per heavy atom. The summed E-state index contributed by atoms with van der Waals surface area (Å²) in [4.78, 5) is 25.1. The van der Waals surface area contributed by atoms with E-state index in [-0.39, 0.29) is 0 Å². The summed E-state index contributed by atoms with van der Waals surface area (Å²) in [6, 6.07) is 17.7. The van der Waals surface area contributed by atoms with E-state index in [4.69, 9.17) is 14.2 Å². The van der Waals surface area contributed by atoms with Gasteiger partial charge >= 0.3 is 5.97 Å². The minimum absolute atomic E-state index is 0.369. The summed E-state index contributed by atoms with van der Waals surface area (Å²) in [5.41, 5.74) is 0.876. The summed E-state index contributed by atoms with van der Waals surface area (Å²) in [6.07, 6.45) is -0.988. The molecule has 6 nitrogen and oxygen atoms in total. The van der Waals surface area contributed by atoms with E-state index in [0.717, 1.165) is 5.39 Å². The fraction of sp³-hybridized carbons (Fsp3) is 0.182. The van der Waals surface area contributed by atoms with Gasteiger partial charge in [0.05, 0.1) is 25.5 Å². The predicted octanol–water partition coefficient (Wildman–Crippen LogP) is 4.04. The van der Waals surface area contributed by atoms with Crippen molar-refractivity contribution in [2.24, 2.45) is 0 Å². The number of benzene rings is 3. The molecule has 0 heterocycles. The Bertz CT molecular complexity index is 1010. The van der Waals surface area contributed by atoms with E-state index >= 15 is 0 Å². The molecule has 0 radical (unpaired) electrons. The lowest BCUT2D eigenvalue weighted by molar-refractivity contribution is -0.123. The Labute approximate surface area is 163 Å². The zero-order chi connectivity index (χ0) is 20.1. The first-order valence-electron chi connectivity index (χ1n) is 8.75. The highest BCUT2D eigenvalue weighted by molar-refractivity contribution is 6.07. The SMILES string of the molecule is COc1ccccc1NC(=O)[C@H](C)OC(=O)c1ccc(OC)c2ccccc12. The fourth-order valence-corrected chi connectivity index (χ4v) is 2.89. The smallest absolute Gasteiger partial charge is 0.339 e. The van der Waals surface area contributed by atoms with Gasteiger partial charge in [0.2, 0.25) is 0 Å². The van der Waals surface area contributed by atoms with Crippen molar-refractivity contribution in [2.75, 3.05) is 19.5 Å². The number of hydrogen-bond donors (Lipinski definition) is 1. The van der Waals surface area contributed by atoms with Crippen LogP contribution in [0.2, 0.25) is 0 Å². The van der Waals surface area contributed by atoms with Crippen LogP contribution in [0.15, 0.2) is 60.7 Å². The molecule has 1 amide bonds. The molecule has 1 N–H and O–H groups in total. The van der Waals surface area contributed by atoms with Crippen LogP contribution in [0.25, 0.3) is 10.8 Å². The van der Waals surface area contributed by atoms with Gasteiger partial charge in [-0.25, -0.2) is 4.79 Å². The third kappa shape index (κ3) is 3.91. The summed E-state index contributed by atoms with van der Waals surface area (Å²) in [5.74, 6) is 0.154. The van der Waals surface area contributed by atoms with E-state index in [2.05, 4.69) is 5.32 Å². The number of ether oxygens (including phenoxy) is 3. The van der Waals surface area contributed by atoms with Crippen LogP contribution in [0.1, 0.15) is 17.3 Å². The number of fused-ring (bicyclic) bond motifs is 1. The first kappa shape index (κ1) is 19.2. The average Bonchev–Trinajstić information content (AvgIpc) is 2.73. The molecule has 0 unspecified atom stereocenters. The molecule has 0 spiro atoms. The van der Waals surface area contributed by atoms with Gasteiger partial charge in [-0.3, -0.25) is 4.79 Å². The van der Waals surface area contributed by atoms with Crippen molar-refractivity contribution in [2.45, 2.75) is 13.0 Å². The molecule has 0 aliphatic rings. The predicted molar refractivity (Wildman–Crippen MR) is 107 cm³/mol. The maximum atomic E-state index is 12.7. The maximum absolute atomic E-state index is 12.7. The van der Waals surface area contributed by atoms with E-state index in [1.54, 1.807) is 43.5 Å². The minimum atomic E-state index is -0.988. The summed E-state index contributed by atoms with van der Waals surface area (Å²) in [6.45, 7) is 1.52. The fourth-order valence-electron chi connectivity index (χ4n) is 2.89. The van der Waals surface area contributed by atoms with E-state index in [0.29, 0.717) is 28.1 Å². The van der Waals surface area contributed by atoms with E-state index in [9.17, 15) is 9.59 Å². The highest BCUT2D eigenvalue weighted by atomic mass is 16.5. The number of nitrogens with one attached hydrogen (secondary N) is 1. The molecule has 3 aromatic carbocycles. The Morgan fingerprint density at radius 3 is 2.18 bits per heavy atom. The third-order valence-electron chi connectivity index (χ3n) is 4.34. The first-order valence-corrected chi connectivity index (χ1v) is 8.75. The van der Waals surface area contributed by atoms with Gasteiger partial charge in [0.15, 0.2) is 6.10 Å². The van der Waals surface area contributed by atoms with Gasteiger partial charge in [-0.15, -0.1) is 0 Å². The number of methoxy groups -OCH3 is 2. The molecule has 28 heavy (non-hydrogen) atoms. The highest BCUT2D eigenvalue weighted by Crippen LogP contribution is 2.29. The minimum Gasteiger partial charge on any atom is -0.496 e.